The zero-order valence-electron chi connectivity index (χ0n) is 9.33. The SMILES string of the molecule is O=C(Nc1ccc(F)cc1)N1CCC(CF)C1. The topological polar surface area (TPSA) is 32.3 Å². The van der Waals surface area contributed by atoms with Gasteiger partial charge in [-0.05, 0) is 30.7 Å². The Morgan fingerprint density at radius 1 is 1.41 bits per heavy atom. The lowest BCUT2D eigenvalue weighted by atomic mass is 10.1. The van der Waals surface area contributed by atoms with Gasteiger partial charge in [-0.3, -0.25) is 4.39 Å². The van der Waals surface area contributed by atoms with Gasteiger partial charge in [0.25, 0.3) is 0 Å². The van der Waals surface area contributed by atoms with E-state index in [1.54, 1.807) is 4.90 Å². The number of rotatable bonds is 2. The number of nitrogens with zero attached hydrogens (tertiary/aromatic N) is 1. The Kier molecular flexibility index (Phi) is 3.56. The van der Waals surface area contributed by atoms with E-state index in [1.807, 2.05) is 0 Å². The number of alkyl halides is 1. The Bertz CT molecular complexity index is 394. The number of anilines is 1. The average Bonchev–Trinajstić information content (AvgIpc) is 2.81. The van der Waals surface area contributed by atoms with E-state index in [1.165, 1.54) is 24.3 Å². The van der Waals surface area contributed by atoms with Gasteiger partial charge in [0.15, 0.2) is 0 Å². The number of amides is 2. The molecule has 1 fully saturated rings. The van der Waals surface area contributed by atoms with Crippen molar-refractivity contribution >= 4 is 11.7 Å². The van der Waals surface area contributed by atoms with E-state index in [0.717, 1.165) is 0 Å². The van der Waals surface area contributed by atoms with E-state index in [0.29, 0.717) is 25.2 Å². The maximum absolute atomic E-state index is 12.7. The first-order valence-electron chi connectivity index (χ1n) is 5.56. The predicted molar refractivity (Wildman–Crippen MR) is 61.1 cm³/mol. The largest absolute Gasteiger partial charge is 0.324 e. The minimum Gasteiger partial charge on any atom is -0.324 e. The van der Waals surface area contributed by atoms with Crippen LogP contribution >= 0.6 is 0 Å². The number of nitrogens with one attached hydrogen (secondary N) is 1. The van der Waals surface area contributed by atoms with Crippen molar-refractivity contribution in [2.75, 3.05) is 25.1 Å². The van der Waals surface area contributed by atoms with Gasteiger partial charge in [-0.25, -0.2) is 9.18 Å². The summed E-state index contributed by atoms with van der Waals surface area (Å²) in [6.45, 7) is 0.630. The molecule has 1 saturated heterocycles. The highest BCUT2D eigenvalue weighted by Crippen LogP contribution is 2.18. The number of halogens is 2. The molecule has 0 aromatic heterocycles. The lowest BCUT2D eigenvalue weighted by molar-refractivity contribution is 0.219. The molecule has 1 aromatic rings. The van der Waals surface area contributed by atoms with Crippen LogP contribution in [0.3, 0.4) is 0 Å². The fraction of sp³-hybridized carbons (Fsp3) is 0.417. The normalized spacial score (nSPS) is 19.4. The fourth-order valence-corrected chi connectivity index (χ4v) is 1.88. The van der Waals surface area contributed by atoms with Crippen LogP contribution in [0.2, 0.25) is 0 Å². The van der Waals surface area contributed by atoms with Gasteiger partial charge < -0.3 is 10.2 Å². The summed E-state index contributed by atoms with van der Waals surface area (Å²) in [6, 6.07) is 5.30. The second kappa shape index (κ2) is 5.12. The minimum atomic E-state index is -0.389. The van der Waals surface area contributed by atoms with Crippen molar-refractivity contribution < 1.29 is 13.6 Å². The number of carbonyl (C=O) groups is 1. The summed E-state index contributed by atoms with van der Waals surface area (Å²) in [5.41, 5.74) is 0.542. The molecule has 1 aromatic carbocycles. The van der Waals surface area contributed by atoms with Crippen LogP contribution in [0.15, 0.2) is 24.3 Å². The van der Waals surface area contributed by atoms with Gasteiger partial charge in [-0.15, -0.1) is 0 Å². The van der Waals surface area contributed by atoms with Gasteiger partial charge in [-0.2, -0.15) is 0 Å². The molecule has 2 rings (SSSR count). The Morgan fingerprint density at radius 3 is 2.71 bits per heavy atom. The van der Waals surface area contributed by atoms with Gasteiger partial charge in [0.1, 0.15) is 5.82 Å². The second-order valence-electron chi connectivity index (χ2n) is 4.19. The Hall–Kier alpha value is -1.65. The summed E-state index contributed by atoms with van der Waals surface area (Å²) < 4.78 is 25.1. The molecule has 1 unspecified atom stereocenters. The van der Waals surface area contributed by atoms with E-state index in [2.05, 4.69) is 5.32 Å². The number of hydrogen-bond donors (Lipinski definition) is 1. The first-order valence-corrected chi connectivity index (χ1v) is 5.56. The number of benzene rings is 1. The van der Waals surface area contributed by atoms with Crippen molar-refractivity contribution in [2.45, 2.75) is 6.42 Å². The van der Waals surface area contributed by atoms with E-state index in [9.17, 15) is 13.6 Å². The van der Waals surface area contributed by atoms with Crippen molar-refractivity contribution in [3.8, 4) is 0 Å². The first-order chi connectivity index (χ1) is 8.19. The third-order valence-electron chi connectivity index (χ3n) is 2.89. The Labute approximate surface area is 98.4 Å². The number of urea groups is 1. The molecule has 1 N–H and O–H groups in total. The van der Waals surface area contributed by atoms with Gasteiger partial charge in [-0.1, -0.05) is 0 Å². The lowest BCUT2D eigenvalue weighted by Crippen LogP contribution is -2.33. The van der Waals surface area contributed by atoms with E-state index < -0.39 is 0 Å². The van der Waals surface area contributed by atoms with Crippen molar-refractivity contribution in [3.05, 3.63) is 30.1 Å². The van der Waals surface area contributed by atoms with Crippen molar-refractivity contribution in [2.24, 2.45) is 5.92 Å². The third kappa shape index (κ3) is 2.93. The summed E-state index contributed by atoms with van der Waals surface area (Å²) in [4.78, 5) is 13.3. The van der Waals surface area contributed by atoms with Crippen LogP contribution in [0.5, 0.6) is 0 Å². The molecule has 1 aliphatic rings. The first kappa shape index (κ1) is 11.8. The van der Waals surface area contributed by atoms with Crippen LogP contribution in [0.1, 0.15) is 6.42 Å². The van der Waals surface area contributed by atoms with Crippen molar-refractivity contribution in [3.63, 3.8) is 0 Å². The smallest absolute Gasteiger partial charge is 0.321 e. The van der Waals surface area contributed by atoms with Crippen LogP contribution in [-0.2, 0) is 0 Å². The molecule has 1 atom stereocenters. The summed E-state index contributed by atoms with van der Waals surface area (Å²) in [5.74, 6) is -0.393. The molecule has 0 spiro atoms. The minimum absolute atomic E-state index is 0.0473. The van der Waals surface area contributed by atoms with E-state index in [4.69, 9.17) is 0 Å². The Balaban J connectivity index is 1.91. The van der Waals surface area contributed by atoms with E-state index >= 15 is 0 Å². The van der Waals surface area contributed by atoms with Crippen molar-refractivity contribution in [1.82, 2.24) is 4.90 Å². The molecule has 0 aliphatic carbocycles. The fourth-order valence-electron chi connectivity index (χ4n) is 1.88. The predicted octanol–water partition coefficient (Wildman–Crippen LogP) is 2.65. The molecule has 17 heavy (non-hydrogen) atoms. The average molecular weight is 240 g/mol. The van der Waals surface area contributed by atoms with E-state index in [-0.39, 0.29) is 24.4 Å². The number of carbonyl (C=O) groups excluding carboxylic acids is 1. The van der Waals surface area contributed by atoms with Gasteiger partial charge in [0.05, 0.1) is 6.67 Å². The van der Waals surface area contributed by atoms with Crippen LogP contribution < -0.4 is 5.32 Å². The van der Waals surface area contributed by atoms with Crippen LogP contribution in [0.25, 0.3) is 0 Å². The molecular weight excluding hydrogens is 226 g/mol. The summed E-state index contributed by atoms with van der Waals surface area (Å²) in [7, 11) is 0. The maximum atomic E-state index is 12.7. The van der Waals surface area contributed by atoms with Crippen LogP contribution in [0, 0.1) is 11.7 Å². The third-order valence-corrected chi connectivity index (χ3v) is 2.89. The zero-order valence-corrected chi connectivity index (χ0v) is 9.33. The van der Waals surface area contributed by atoms with Gasteiger partial charge in [0.2, 0.25) is 0 Å². The standard InChI is InChI=1S/C12H14F2N2O/c13-7-9-5-6-16(8-9)12(17)15-11-3-1-10(14)2-4-11/h1-4,9H,5-8H2,(H,15,17). The molecular formula is C12H14F2N2O. The summed E-state index contributed by atoms with van der Waals surface area (Å²) >= 11 is 0. The molecule has 92 valence electrons. The maximum Gasteiger partial charge on any atom is 0.321 e. The lowest BCUT2D eigenvalue weighted by Gasteiger charge is -2.16. The van der Waals surface area contributed by atoms with Gasteiger partial charge in [0, 0.05) is 24.7 Å². The van der Waals surface area contributed by atoms with Crippen LogP contribution in [-0.4, -0.2) is 30.7 Å². The molecule has 5 heteroatoms. The van der Waals surface area contributed by atoms with Crippen LogP contribution in [0.4, 0.5) is 19.3 Å². The summed E-state index contributed by atoms with van der Waals surface area (Å²) in [6.07, 6.45) is 0.702. The molecule has 0 bridgehead atoms. The second-order valence-corrected chi connectivity index (χ2v) is 4.19. The number of likely N-dealkylation sites (tertiary alicyclic amines) is 1. The zero-order chi connectivity index (χ0) is 12.3. The molecule has 3 nitrogen and oxygen atoms in total. The number of hydrogen-bond acceptors (Lipinski definition) is 1. The van der Waals surface area contributed by atoms with Crippen molar-refractivity contribution in [1.29, 1.82) is 0 Å². The summed E-state index contributed by atoms with van der Waals surface area (Å²) in [5, 5.41) is 2.65. The highest BCUT2D eigenvalue weighted by atomic mass is 19.1. The molecule has 0 radical (unpaired) electrons. The van der Waals surface area contributed by atoms with Gasteiger partial charge >= 0.3 is 6.03 Å². The highest BCUT2D eigenvalue weighted by molar-refractivity contribution is 5.89. The molecule has 1 aliphatic heterocycles. The Morgan fingerprint density at radius 2 is 2.12 bits per heavy atom. The quantitative estimate of drug-likeness (QED) is 0.846. The molecule has 1 heterocycles. The molecule has 0 saturated carbocycles. The highest BCUT2D eigenvalue weighted by Gasteiger charge is 2.25. The monoisotopic (exact) mass is 240 g/mol. The molecule has 2 amide bonds.